The summed E-state index contributed by atoms with van der Waals surface area (Å²) in [7, 11) is -2.82. The molecule has 1 aromatic rings. The van der Waals surface area contributed by atoms with Crippen molar-refractivity contribution in [3.8, 4) is 0 Å². The van der Waals surface area contributed by atoms with Crippen molar-refractivity contribution in [2.75, 3.05) is 11.4 Å². The van der Waals surface area contributed by atoms with Crippen molar-refractivity contribution in [3.63, 3.8) is 0 Å². The average Bonchev–Trinajstić information content (AvgIpc) is 2.36. The van der Waals surface area contributed by atoms with Crippen LogP contribution < -0.4 is 10.0 Å². The van der Waals surface area contributed by atoms with Gasteiger partial charge in [-0.15, -0.1) is 0 Å². The third kappa shape index (κ3) is 3.45. The van der Waals surface area contributed by atoms with Crippen LogP contribution in [-0.2, 0) is 25.8 Å². The number of anilines is 1. The second-order valence-electron chi connectivity index (χ2n) is 4.01. The maximum absolute atomic E-state index is 11.9. The van der Waals surface area contributed by atoms with Gasteiger partial charge < -0.3 is 9.92 Å². The lowest BCUT2D eigenvalue weighted by atomic mass is 10.1. The molecule has 6 nitrogen and oxygen atoms in total. The van der Waals surface area contributed by atoms with E-state index < -0.39 is 16.3 Å². The zero-order chi connectivity index (χ0) is 14.6. The summed E-state index contributed by atoms with van der Waals surface area (Å²) in [4.78, 5) is 11.1. The molecular formula is C12H18N2O4S. The molecule has 0 unspecified atom stereocenters. The van der Waals surface area contributed by atoms with Gasteiger partial charge in [-0.1, -0.05) is 19.1 Å². The van der Waals surface area contributed by atoms with Crippen molar-refractivity contribution in [3.05, 3.63) is 29.3 Å². The smallest absolute Gasteiger partial charge is 0.330 e. The molecule has 0 saturated heterocycles. The first-order valence-electron chi connectivity index (χ1n) is 5.83. The number of nitrogens with zero attached hydrogens (tertiary/aromatic N) is 1. The Kier molecular flexibility index (Phi) is 4.90. The number of rotatable bonds is 5. The standard InChI is InChI=1S/C12H18N2O4S/c1-4-12(15)18-19(16,17)14(3)11-7-5-6-9(2)10(11)8-13/h5-7H,4,8,13H2,1-3H3. The van der Waals surface area contributed by atoms with Crippen LogP contribution in [0.15, 0.2) is 18.2 Å². The summed E-state index contributed by atoms with van der Waals surface area (Å²) in [5.74, 6) is -0.797. The molecule has 0 aliphatic heterocycles. The number of hydrogen-bond donors (Lipinski definition) is 1. The molecule has 0 atom stereocenters. The van der Waals surface area contributed by atoms with Crippen LogP contribution in [-0.4, -0.2) is 21.4 Å². The Labute approximate surface area is 113 Å². The molecule has 0 spiro atoms. The maximum Gasteiger partial charge on any atom is 0.412 e. The van der Waals surface area contributed by atoms with E-state index in [0.29, 0.717) is 11.3 Å². The maximum atomic E-state index is 11.9. The lowest BCUT2D eigenvalue weighted by molar-refractivity contribution is -0.133. The first kappa shape index (κ1) is 15.5. The van der Waals surface area contributed by atoms with Gasteiger partial charge in [0.25, 0.3) is 0 Å². The van der Waals surface area contributed by atoms with Crippen LogP contribution in [0.1, 0.15) is 24.5 Å². The minimum absolute atomic E-state index is 0.00929. The number of aryl methyl sites for hydroxylation is 1. The van der Waals surface area contributed by atoms with Crippen molar-refractivity contribution in [1.29, 1.82) is 0 Å². The largest absolute Gasteiger partial charge is 0.412 e. The summed E-state index contributed by atoms with van der Waals surface area (Å²) in [6, 6.07) is 5.17. The van der Waals surface area contributed by atoms with E-state index in [9.17, 15) is 13.2 Å². The van der Waals surface area contributed by atoms with E-state index in [1.165, 1.54) is 14.0 Å². The molecule has 1 aromatic carbocycles. The first-order valence-corrected chi connectivity index (χ1v) is 7.19. The molecule has 106 valence electrons. The molecule has 7 heteroatoms. The van der Waals surface area contributed by atoms with E-state index in [2.05, 4.69) is 4.18 Å². The number of hydrogen-bond acceptors (Lipinski definition) is 5. The van der Waals surface area contributed by atoms with Gasteiger partial charge in [0.1, 0.15) is 0 Å². The van der Waals surface area contributed by atoms with Gasteiger partial charge in [0, 0.05) is 20.0 Å². The Morgan fingerprint density at radius 3 is 2.58 bits per heavy atom. The topological polar surface area (TPSA) is 89.7 Å². The van der Waals surface area contributed by atoms with E-state index in [0.717, 1.165) is 9.87 Å². The second-order valence-corrected chi connectivity index (χ2v) is 5.58. The zero-order valence-electron chi connectivity index (χ0n) is 11.2. The van der Waals surface area contributed by atoms with Crippen LogP contribution in [0.25, 0.3) is 0 Å². The molecular weight excluding hydrogens is 268 g/mol. The van der Waals surface area contributed by atoms with Gasteiger partial charge in [-0.2, -0.15) is 8.42 Å². The molecule has 0 aliphatic carbocycles. The highest BCUT2D eigenvalue weighted by atomic mass is 32.2. The molecule has 0 radical (unpaired) electrons. The monoisotopic (exact) mass is 286 g/mol. The number of carbonyl (C=O) groups excluding carboxylic acids is 1. The molecule has 1 rings (SSSR count). The lowest BCUT2D eigenvalue weighted by Gasteiger charge is -2.21. The van der Waals surface area contributed by atoms with Crippen LogP contribution in [0.3, 0.4) is 0 Å². The van der Waals surface area contributed by atoms with Crippen LogP contribution in [0.5, 0.6) is 0 Å². The van der Waals surface area contributed by atoms with Gasteiger partial charge in [0.05, 0.1) is 5.69 Å². The molecule has 0 fully saturated rings. The quantitative estimate of drug-likeness (QED) is 0.875. The van der Waals surface area contributed by atoms with E-state index in [1.807, 2.05) is 13.0 Å². The summed E-state index contributed by atoms with van der Waals surface area (Å²) in [6.45, 7) is 3.56. The summed E-state index contributed by atoms with van der Waals surface area (Å²) in [5, 5.41) is 0. The zero-order valence-corrected chi connectivity index (χ0v) is 12.0. The number of carbonyl (C=O) groups is 1. The minimum Gasteiger partial charge on any atom is -0.330 e. The Hall–Kier alpha value is -1.60. The van der Waals surface area contributed by atoms with Crippen molar-refractivity contribution in [1.82, 2.24) is 0 Å². The van der Waals surface area contributed by atoms with Crippen LogP contribution in [0, 0.1) is 6.92 Å². The Morgan fingerprint density at radius 1 is 1.42 bits per heavy atom. The van der Waals surface area contributed by atoms with Gasteiger partial charge in [-0.05, 0) is 24.1 Å². The van der Waals surface area contributed by atoms with Gasteiger partial charge in [0.2, 0.25) is 0 Å². The predicted molar refractivity (Wildman–Crippen MR) is 72.8 cm³/mol. The SMILES string of the molecule is CCC(=O)OS(=O)(=O)N(C)c1cccc(C)c1CN. The molecule has 0 aromatic heterocycles. The fourth-order valence-electron chi connectivity index (χ4n) is 1.60. The first-order chi connectivity index (χ1) is 8.83. The minimum atomic E-state index is -4.15. The molecule has 2 N–H and O–H groups in total. The van der Waals surface area contributed by atoms with E-state index in [4.69, 9.17) is 5.73 Å². The lowest BCUT2D eigenvalue weighted by Crippen LogP contribution is -2.31. The highest BCUT2D eigenvalue weighted by Gasteiger charge is 2.24. The van der Waals surface area contributed by atoms with Crippen LogP contribution in [0.4, 0.5) is 5.69 Å². The molecule has 0 bridgehead atoms. The van der Waals surface area contributed by atoms with Crippen LogP contribution >= 0.6 is 0 Å². The second kappa shape index (κ2) is 6.03. The molecule has 19 heavy (non-hydrogen) atoms. The van der Waals surface area contributed by atoms with Crippen molar-refractivity contribution in [2.45, 2.75) is 26.8 Å². The number of nitrogens with two attached hydrogens (primary N) is 1. The van der Waals surface area contributed by atoms with E-state index >= 15 is 0 Å². The third-order valence-electron chi connectivity index (χ3n) is 2.75. The van der Waals surface area contributed by atoms with Gasteiger partial charge in [0.15, 0.2) is 0 Å². The molecule has 0 aliphatic rings. The number of benzene rings is 1. The van der Waals surface area contributed by atoms with Crippen molar-refractivity contribution < 1.29 is 17.4 Å². The van der Waals surface area contributed by atoms with Crippen molar-refractivity contribution >= 4 is 22.0 Å². The summed E-state index contributed by atoms with van der Waals surface area (Å²) < 4.78 is 29.2. The van der Waals surface area contributed by atoms with Crippen molar-refractivity contribution in [2.24, 2.45) is 5.73 Å². The highest BCUT2D eigenvalue weighted by Crippen LogP contribution is 2.25. The summed E-state index contributed by atoms with van der Waals surface area (Å²) in [6.07, 6.45) is -0.00929. The van der Waals surface area contributed by atoms with Gasteiger partial charge >= 0.3 is 16.3 Å². The molecule has 0 saturated carbocycles. The molecule has 0 heterocycles. The fraction of sp³-hybridized carbons (Fsp3) is 0.417. The highest BCUT2D eigenvalue weighted by molar-refractivity contribution is 7.88. The third-order valence-corrected chi connectivity index (χ3v) is 4.02. The Bertz CT molecular complexity index is 569. The van der Waals surface area contributed by atoms with Gasteiger partial charge in [-0.25, -0.2) is 4.31 Å². The summed E-state index contributed by atoms with van der Waals surface area (Å²) >= 11 is 0. The predicted octanol–water partition coefficient (Wildman–Crippen LogP) is 1.09. The van der Waals surface area contributed by atoms with E-state index in [-0.39, 0.29) is 13.0 Å². The molecule has 0 amide bonds. The Balaban J connectivity index is 3.16. The average molecular weight is 286 g/mol. The van der Waals surface area contributed by atoms with Gasteiger partial charge in [-0.3, -0.25) is 4.79 Å². The van der Waals surface area contributed by atoms with Crippen LogP contribution in [0.2, 0.25) is 0 Å². The normalized spacial score (nSPS) is 11.2. The summed E-state index contributed by atoms with van der Waals surface area (Å²) in [5.41, 5.74) is 7.61. The van der Waals surface area contributed by atoms with E-state index in [1.54, 1.807) is 12.1 Å². The Morgan fingerprint density at radius 2 is 2.05 bits per heavy atom. The fourth-order valence-corrected chi connectivity index (χ4v) is 2.48.